The summed E-state index contributed by atoms with van der Waals surface area (Å²) < 4.78 is 2.14. The highest BCUT2D eigenvalue weighted by Crippen LogP contribution is 2.35. The molecule has 26 heavy (non-hydrogen) atoms. The predicted octanol–water partition coefficient (Wildman–Crippen LogP) is 3.82. The van der Waals surface area contributed by atoms with E-state index in [2.05, 4.69) is 14.5 Å². The van der Waals surface area contributed by atoms with Crippen molar-refractivity contribution in [2.75, 3.05) is 6.54 Å². The number of H-pyrrole nitrogens is 1. The van der Waals surface area contributed by atoms with Crippen LogP contribution in [0.4, 0.5) is 0 Å². The van der Waals surface area contributed by atoms with Gasteiger partial charge in [0.15, 0.2) is 0 Å². The van der Waals surface area contributed by atoms with Gasteiger partial charge in [-0.05, 0) is 18.6 Å². The van der Waals surface area contributed by atoms with Gasteiger partial charge in [0.25, 0.3) is 0 Å². The molecule has 0 saturated heterocycles. The van der Waals surface area contributed by atoms with E-state index in [1.807, 2.05) is 23.5 Å². The molecule has 1 amide bonds. The van der Waals surface area contributed by atoms with Gasteiger partial charge in [0.1, 0.15) is 0 Å². The normalized spacial score (nSPS) is 19.5. The summed E-state index contributed by atoms with van der Waals surface area (Å²) >= 11 is 12.5. The lowest BCUT2D eigenvalue weighted by molar-refractivity contribution is -0.137. The minimum atomic E-state index is 0.0399. The Kier molecular flexibility index (Phi) is 3.76. The molecule has 4 heterocycles. The van der Waals surface area contributed by atoms with Gasteiger partial charge in [-0.1, -0.05) is 23.2 Å². The first-order valence-electron chi connectivity index (χ1n) is 8.86. The zero-order valence-electron chi connectivity index (χ0n) is 14.1. The highest BCUT2D eigenvalue weighted by Gasteiger charge is 2.31. The third-order valence-electron chi connectivity index (χ3n) is 5.63. The molecule has 1 atom stereocenters. The van der Waals surface area contributed by atoms with E-state index >= 15 is 0 Å². The van der Waals surface area contributed by atoms with Crippen LogP contribution in [0.25, 0.3) is 10.9 Å². The molecule has 0 bridgehead atoms. The molecule has 2 aromatic heterocycles. The van der Waals surface area contributed by atoms with Crippen LogP contribution < -0.4 is 0 Å². The third kappa shape index (κ3) is 2.53. The van der Waals surface area contributed by atoms with Gasteiger partial charge in [0.05, 0.1) is 16.9 Å². The van der Waals surface area contributed by atoms with Crippen LogP contribution in [0, 0.1) is 5.92 Å². The average molecular weight is 389 g/mol. The van der Waals surface area contributed by atoms with Crippen LogP contribution in [0.15, 0.2) is 24.7 Å². The van der Waals surface area contributed by atoms with Gasteiger partial charge in [-0.3, -0.25) is 4.79 Å². The number of imidazole rings is 1. The summed E-state index contributed by atoms with van der Waals surface area (Å²) in [5, 5.41) is 2.27. The molecule has 0 fully saturated rings. The largest absolute Gasteiger partial charge is 0.357 e. The van der Waals surface area contributed by atoms with Crippen molar-refractivity contribution in [2.24, 2.45) is 5.92 Å². The second-order valence-corrected chi connectivity index (χ2v) is 8.01. The highest BCUT2D eigenvalue weighted by molar-refractivity contribution is 6.38. The number of halogens is 2. The molecule has 7 heteroatoms. The molecule has 0 radical (unpaired) electrons. The summed E-state index contributed by atoms with van der Waals surface area (Å²) in [6, 6.07) is 3.69. The first-order valence-corrected chi connectivity index (χ1v) is 9.62. The van der Waals surface area contributed by atoms with Crippen molar-refractivity contribution in [1.82, 2.24) is 19.4 Å². The summed E-state index contributed by atoms with van der Waals surface area (Å²) in [4.78, 5) is 22.7. The van der Waals surface area contributed by atoms with Crippen LogP contribution in [-0.2, 0) is 30.7 Å². The SMILES string of the molecule is O=C(C1CCn2cncc2C1)N1CCc2[nH]c3c(Cl)cc(Cl)cc3c2C1. The zero-order valence-corrected chi connectivity index (χ0v) is 15.6. The fourth-order valence-electron chi connectivity index (χ4n) is 4.26. The van der Waals surface area contributed by atoms with E-state index in [1.54, 1.807) is 6.07 Å². The molecular weight excluding hydrogens is 371 g/mol. The van der Waals surface area contributed by atoms with E-state index < -0.39 is 0 Å². The van der Waals surface area contributed by atoms with Crippen molar-refractivity contribution in [2.45, 2.75) is 32.4 Å². The van der Waals surface area contributed by atoms with Crippen LogP contribution in [0.3, 0.4) is 0 Å². The van der Waals surface area contributed by atoms with E-state index in [9.17, 15) is 4.79 Å². The number of rotatable bonds is 1. The quantitative estimate of drug-likeness (QED) is 0.688. The van der Waals surface area contributed by atoms with Gasteiger partial charge in [-0.2, -0.15) is 0 Å². The summed E-state index contributed by atoms with van der Waals surface area (Å²) in [6.07, 6.45) is 6.18. The summed E-state index contributed by atoms with van der Waals surface area (Å²) in [5.41, 5.74) is 4.37. The molecular formula is C19H18Cl2N4O. The topological polar surface area (TPSA) is 53.9 Å². The Bertz CT molecular complexity index is 1020. The lowest BCUT2D eigenvalue weighted by Gasteiger charge is -2.32. The molecule has 134 valence electrons. The molecule has 5 nitrogen and oxygen atoms in total. The van der Waals surface area contributed by atoms with Crippen LogP contribution >= 0.6 is 23.2 Å². The Morgan fingerprint density at radius 1 is 1.27 bits per heavy atom. The Morgan fingerprint density at radius 2 is 2.15 bits per heavy atom. The molecule has 2 aliphatic rings. The van der Waals surface area contributed by atoms with Crippen molar-refractivity contribution in [3.8, 4) is 0 Å². The van der Waals surface area contributed by atoms with Crippen LogP contribution in [0.1, 0.15) is 23.4 Å². The molecule has 2 aliphatic heterocycles. The van der Waals surface area contributed by atoms with Gasteiger partial charge in [0.2, 0.25) is 5.91 Å². The molecule has 1 aromatic carbocycles. The summed E-state index contributed by atoms with van der Waals surface area (Å²) in [7, 11) is 0. The number of amides is 1. The first kappa shape index (κ1) is 16.2. The number of hydrogen-bond donors (Lipinski definition) is 1. The number of aromatic nitrogens is 3. The predicted molar refractivity (Wildman–Crippen MR) is 101 cm³/mol. The number of nitrogens with zero attached hydrogens (tertiary/aromatic N) is 3. The van der Waals surface area contributed by atoms with E-state index in [0.29, 0.717) is 16.6 Å². The Morgan fingerprint density at radius 3 is 3.04 bits per heavy atom. The summed E-state index contributed by atoms with van der Waals surface area (Å²) in [5.74, 6) is 0.281. The Balaban J connectivity index is 1.43. The molecule has 0 saturated carbocycles. The number of carbonyl (C=O) groups is 1. The first-order chi connectivity index (χ1) is 12.6. The summed E-state index contributed by atoms with van der Waals surface area (Å²) in [6.45, 7) is 2.21. The smallest absolute Gasteiger partial charge is 0.226 e. The number of fused-ring (bicyclic) bond motifs is 4. The van der Waals surface area contributed by atoms with Crippen molar-refractivity contribution in [3.05, 3.63) is 51.7 Å². The zero-order chi connectivity index (χ0) is 17.8. The number of aromatic amines is 1. The van der Waals surface area contributed by atoms with E-state index in [4.69, 9.17) is 23.2 Å². The average Bonchev–Trinajstić information content (AvgIpc) is 3.24. The Labute approximate surface area is 160 Å². The van der Waals surface area contributed by atoms with Crippen molar-refractivity contribution in [3.63, 3.8) is 0 Å². The lowest BCUT2D eigenvalue weighted by atomic mass is 9.93. The van der Waals surface area contributed by atoms with Crippen LogP contribution in [0.5, 0.6) is 0 Å². The van der Waals surface area contributed by atoms with Gasteiger partial charge in [0, 0.05) is 72.0 Å². The minimum Gasteiger partial charge on any atom is -0.357 e. The van der Waals surface area contributed by atoms with E-state index in [0.717, 1.165) is 60.2 Å². The number of benzene rings is 1. The van der Waals surface area contributed by atoms with Crippen molar-refractivity contribution in [1.29, 1.82) is 0 Å². The van der Waals surface area contributed by atoms with Crippen molar-refractivity contribution >= 4 is 40.0 Å². The van der Waals surface area contributed by atoms with Gasteiger partial charge >= 0.3 is 0 Å². The van der Waals surface area contributed by atoms with Gasteiger partial charge in [-0.15, -0.1) is 0 Å². The second-order valence-electron chi connectivity index (χ2n) is 7.17. The number of aryl methyl sites for hydroxylation is 1. The van der Waals surface area contributed by atoms with Gasteiger partial charge < -0.3 is 14.5 Å². The molecule has 1 unspecified atom stereocenters. The minimum absolute atomic E-state index is 0.0399. The monoisotopic (exact) mass is 388 g/mol. The standard InChI is InChI=1S/C19H18Cl2N4O/c20-12-6-14-15-9-24(4-2-17(15)23-18(14)16(21)7-12)19(26)11-1-3-25-10-22-8-13(25)5-11/h6-8,10-11,23H,1-5,9H2. The maximum Gasteiger partial charge on any atom is 0.226 e. The van der Waals surface area contributed by atoms with E-state index in [1.165, 1.54) is 0 Å². The van der Waals surface area contributed by atoms with Crippen LogP contribution in [-0.4, -0.2) is 31.9 Å². The molecule has 0 aliphatic carbocycles. The van der Waals surface area contributed by atoms with Gasteiger partial charge in [-0.25, -0.2) is 4.98 Å². The lowest BCUT2D eigenvalue weighted by Crippen LogP contribution is -2.41. The molecule has 1 N–H and O–H groups in total. The van der Waals surface area contributed by atoms with Crippen LogP contribution in [0.2, 0.25) is 10.0 Å². The second kappa shape index (κ2) is 6.03. The maximum atomic E-state index is 13.1. The molecule has 5 rings (SSSR count). The Hall–Kier alpha value is -1.98. The van der Waals surface area contributed by atoms with Crippen molar-refractivity contribution < 1.29 is 4.79 Å². The molecule has 3 aromatic rings. The highest BCUT2D eigenvalue weighted by atomic mass is 35.5. The van der Waals surface area contributed by atoms with E-state index in [-0.39, 0.29) is 11.8 Å². The maximum absolute atomic E-state index is 13.1. The fourth-order valence-corrected chi connectivity index (χ4v) is 4.80. The fraction of sp³-hybridized carbons (Fsp3) is 0.368. The third-order valence-corrected chi connectivity index (χ3v) is 6.15. The number of hydrogen-bond acceptors (Lipinski definition) is 2. The number of nitrogens with one attached hydrogen (secondary N) is 1. The number of carbonyl (C=O) groups excluding carboxylic acids is 1. The molecule has 0 spiro atoms.